The predicted octanol–water partition coefficient (Wildman–Crippen LogP) is 4.73. The normalized spacial score (nSPS) is 10.4. The molecule has 0 atom stereocenters. The number of aryl methyl sites for hydroxylation is 1. The van der Waals surface area contributed by atoms with E-state index in [1.54, 1.807) is 0 Å². The highest BCUT2D eigenvalue weighted by Gasteiger charge is 2.12. The minimum absolute atomic E-state index is 0.162. The van der Waals surface area contributed by atoms with Gasteiger partial charge in [0.15, 0.2) is 0 Å². The number of halogens is 3. The van der Waals surface area contributed by atoms with Crippen LogP contribution >= 0.6 is 27.5 Å². The van der Waals surface area contributed by atoms with Gasteiger partial charge in [0, 0.05) is 4.47 Å². The summed E-state index contributed by atoms with van der Waals surface area (Å²) in [6, 6.07) is 10.1. The summed E-state index contributed by atoms with van der Waals surface area (Å²) in [6.45, 7) is 1.97. The van der Waals surface area contributed by atoms with Crippen molar-refractivity contribution in [3.8, 4) is 0 Å². The molecule has 0 bridgehead atoms. The summed E-state index contributed by atoms with van der Waals surface area (Å²) in [5.41, 5.74) is 2.39. The van der Waals surface area contributed by atoms with Crippen molar-refractivity contribution in [2.24, 2.45) is 0 Å². The van der Waals surface area contributed by atoms with Gasteiger partial charge in [-0.25, -0.2) is 4.39 Å². The molecule has 0 fully saturated rings. The molecule has 104 valence electrons. The van der Waals surface area contributed by atoms with Crippen LogP contribution < -0.4 is 5.32 Å². The van der Waals surface area contributed by atoms with E-state index in [1.807, 2.05) is 31.2 Å². The Hall–Kier alpha value is -1.39. The SMILES string of the molecule is Cc1cccc(CC(=O)Nc2c(Cl)cc(F)cc2Br)c1. The molecule has 1 amide bonds. The number of rotatable bonds is 3. The van der Waals surface area contributed by atoms with Gasteiger partial charge in [0.2, 0.25) is 5.91 Å². The Morgan fingerprint density at radius 1 is 1.35 bits per heavy atom. The Morgan fingerprint density at radius 3 is 2.75 bits per heavy atom. The monoisotopic (exact) mass is 355 g/mol. The number of anilines is 1. The topological polar surface area (TPSA) is 29.1 Å². The third kappa shape index (κ3) is 3.81. The third-order valence-electron chi connectivity index (χ3n) is 2.72. The molecule has 2 aromatic carbocycles. The van der Waals surface area contributed by atoms with Crippen LogP contribution in [0.3, 0.4) is 0 Å². The first-order valence-electron chi connectivity index (χ1n) is 5.95. The van der Waals surface area contributed by atoms with Crippen molar-refractivity contribution >= 4 is 39.1 Å². The fraction of sp³-hybridized carbons (Fsp3) is 0.133. The van der Waals surface area contributed by atoms with Gasteiger partial charge in [-0.1, -0.05) is 41.4 Å². The number of carbonyl (C=O) groups is 1. The van der Waals surface area contributed by atoms with Crippen LogP contribution in [0, 0.1) is 12.7 Å². The molecule has 2 rings (SSSR count). The molecule has 0 aliphatic carbocycles. The molecular weight excluding hydrogens is 345 g/mol. The highest BCUT2D eigenvalue weighted by Crippen LogP contribution is 2.31. The summed E-state index contributed by atoms with van der Waals surface area (Å²) in [4.78, 5) is 12.0. The van der Waals surface area contributed by atoms with Crippen LogP contribution in [0.1, 0.15) is 11.1 Å². The molecule has 5 heteroatoms. The molecule has 0 aliphatic heterocycles. The standard InChI is InChI=1S/C15H12BrClFNO/c1-9-3-2-4-10(5-9)6-14(20)19-15-12(16)7-11(18)8-13(15)17/h2-5,7-8H,6H2,1H3,(H,19,20). The molecule has 0 heterocycles. The number of nitrogens with one attached hydrogen (secondary N) is 1. The Morgan fingerprint density at radius 2 is 2.10 bits per heavy atom. The molecule has 20 heavy (non-hydrogen) atoms. The first-order chi connectivity index (χ1) is 9.45. The van der Waals surface area contributed by atoms with Gasteiger partial charge in [-0.2, -0.15) is 0 Å². The molecule has 0 saturated carbocycles. The largest absolute Gasteiger partial charge is 0.324 e. The first kappa shape index (κ1) is 15.0. The van der Waals surface area contributed by atoms with Crippen molar-refractivity contribution in [3.63, 3.8) is 0 Å². The van der Waals surface area contributed by atoms with Gasteiger partial charge in [-0.3, -0.25) is 4.79 Å². The van der Waals surface area contributed by atoms with Crippen molar-refractivity contribution in [3.05, 3.63) is 62.8 Å². The van der Waals surface area contributed by atoms with Crippen LogP contribution in [0.4, 0.5) is 10.1 Å². The van der Waals surface area contributed by atoms with E-state index >= 15 is 0 Å². The Bertz CT molecular complexity index is 637. The predicted molar refractivity (Wildman–Crippen MR) is 82.6 cm³/mol. The molecule has 0 radical (unpaired) electrons. The summed E-state index contributed by atoms with van der Waals surface area (Å²) in [6.07, 6.45) is 0.238. The van der Waals surface area contributed by atoms with Gasteiger partial charge in [0.25, 0.3) is 0 Å². The van der Waals surface area contributed by atoms with Gasteiger partial charge in [-0.15, -0.1) is 0 Å². The van der Waals surface area contributed by atoms with Crippen LogP contribution in [0.5, 0.6) is 0 Å². The van der Waals surface area contributed by atoms with Gasteiger partial charge in [0.05, 0.1) is 17.1 Å². The Kier molecular flexibility index (Phi) is 4.78. The maximum Gasteiger partial charge on any atom is 0.228 e. The maximum absolute atomic E-state index is 13.1. The summed E-state index contributed by atoms with van der Waals surface area (Å²) in [7, 11) is 0. The van der Waals surface area contributed by atoms with E-state index in [1.165, 1.54) is 6.07 Å². The van der Waals surface area contributed by atoms with Crippen LogP contribution in [-0.4, -0.2) is 5.91 Å². The van der Waals surface area contributed by atoms with Crippen LogP contribution in [0.15, 0.2) is 40.9 Å². The Balaban J connectivity index is 2.13. The zero-order valence-corrected chi connectivity index (χ0v) is 13.1. The second-order valence-electron chi connectivity index (χ2n) is 4.46. The number of carbonyl (C=O) groups excluding carboxylic acids is 1. The zero-order chi connectivity index (χ0) is 14.7. The number of benzene rings is 2. The molecule has 0 aliphatic rings. The van der Waals surface area contributed by atoms with Crippen LogP contribution in [0.25, 0.3) is 0 Å². The van der Waals surface area contributed by atoms with E-state index < -0.39 is 5.82 Å². The molecule has 0 unspecified atom stereocenters. The zero-order valence-electron chi connectivity index (χ0n) is 10.7. The maximum atomic E-state index is 13.1. The smallest absolute Gasteiger partial charge is 0.228 e. The molecule has 1 N–H and O–H groups in total. The van der Waals surface area contributed by atoms with Gasteiger partial charge in [0.1, 0.15) is 5.82 Å². The number of hydrogen-bond donors (Lipinski definition) is 1. The minimum atomic E-state index is -0.460. The van der Waals surface area contributed by atoms with Gasteiger partial charge < -0.3 is 5.32 Å². The van der Waals surface area contributed by atoms with E-state index in [-0.39, 0.29) is 17.4 Å². The summed E-state index contributed by atoms with van der Waals surface area (Å²) >= 11 is 9.11. The number of hydrogen-bond acceptors (Lipinski definition) is 1. The molecular formula is C15H12BrClFNO. The summed E-state index contributed by atoms with van der Waals surface area (Å²) in [5, 5.41) is 2.85. The van der Waals surface area contributed by atoms with E-state index in [2.05, 4.69) is 21.2 Å². The van der Waals surface area contributed by atoms with Crippen LogP contribution in [0.2, 0.25) is 5.02 Å². The van der Waals surface area contributed by atoms with E-state index in [0.717, 1.165) is 17.2 Å². The molecule has 2 nitrogen and oxygen atoms in total. The molecule has 0 saturated heterocycles. The number of amides is 1. The second kappa shape index (κ2) is 6.37. The van der Waals surface area contributed by atoms with E-state index in [9.17, 15) is 9.18 Å². The van der Waals surface area contributed by atoms with Gasteiger partial charge >= 0.3 is 0 Å². The lowest BCUT2D eigenvalue weighted by Crippen LogP contribution is -2.15. The van der Waals surface area contributed by atoms with E-state index in [4.69, 9.17) is 11.6 Å². The fourth-order valence-corrected chi connectivity index (χ4v) is 2.75. The van der Waals surface area contributed by atoms with Crippen LogP contribution in [-0.2, 0) is 11.2 Å². The molecule has 0 aromatic heterocycles. The average Bonchev–Trinajstić information content (AvgIpc) is 2.33. The second-order valence-corrected chi connectivity index (χ2v) is 5.72. The van der Waals surface area contributed by atoms with Gasteiger partial charge in [-0.05, 0) is 40.5 Å². The quantitative estimate of drug-likeness (QED) is 0.846. The van der Waals surface area contributed by atoms with Crippen molar-refractivity contribution in [1.29, 1.82) is 0 Å². The lowest BCUT2D eigenvalue weighted by Gasteiger charge is -2.10. The molecule has 2 aromatic rings. The lowest BCUT2D eigenvalue weighted by atomic mass is 10.1. The Labute approximate surface area is 130 Å². The lowest BCUT2D eigenvalue weighted by molar-refractivity contribution is -0.115. The van der Waals surface area contributed by atoms with Crippen molar-refractivity contribution < 1.29 is 9.18 Å². The highest BCUT2D eigenvalue weighted by atomic mass is 79.9. The summed E-state index contributed by atoms with van der Waals surface area (Å²) < 4.78 is 13.5. The van der Waals surface area contributed by atoms with Crippen molar-refractivity contribution in [1.82, 2.24) is 0 Å². The first-order valence-corrected chi connectivity index (χ1v) is 7.13. The molecule has 0 spiro atoms. The van der Waals surface area contributed by atoms with Crippen molar-refractivity contribution in [2.45, 2.75) is 13.3 Å². The van der Waals surface area contributed by atoms with E-state index in [0.29, 0.717) is 10.2 Å². The van der Waals surface area contributed by atoms with Crippen molar-refractivity contribution in [2.75, 3.05) is 5.32 Å². The highest BCUT2D eigenvalue weighted by molar-refractivity contribution is 9.10. The fourth-order valence-electron chi connectivity index (χ4n) is 1.85. The average molecular weight is 357 g/mol. The third-order valence-corrected chi connectivity index (χ3v) is 3.64. The minimum Gasteiger partial charge on any atom is -0.324 e. The summed E-state index contributed by atoms with van der Waals surface area (Å²) in [5.74, 6) is -0.664.